The van der Waals surface area contributed by atoms with E-state index in [0.717, 1.165) is 11.8 Å². The van der Waals surface area contributed by atoms with E-state index in [2.05, 4.69) is 11.8 Å². The molecule has 1 aliphatic carbocycles. The highest BCUT2D eigenvalue weighted by molar-refractivity contribution is 5.08. The minimum atomic E-state index is 0.563. The zero-order valence-corrected chi connectivity index (χ0v) is 5.88. The van der Waals surface area contributed by atoms with Crippen molar-refractivity contribution < 1.29 is 0 Å². The lowest BCUT2D eigenvalue weighted by Crippen LogP contribution is -2.27. The maximum Gasteiger partial charge on any atom is 0.0127 e. The summed E-state index contributed by atoms with van der Waals surface area (Å²) < 4.78 is 0. The molecule has 0 spiro atoms. The summed E-state index contributed by atoms with van der Waals surface area (Å²) in [6.07, 6.45) is 0. The Morgan fingerprint density at radius 2 is 2.00 bits per heavy atom. The van der Waals surface area contributed by atoms with Gasteiger partial charge in [0.1, 0.15) is 0 Å². The van der Waals surface area contributed by atoms with Crippen LogP contribution >= 0.6 is 0 Å². The van der Waals surface area contributed by atoms with Gasteiger partial charge >= 0.3 is 0 Å². The van der Waals surface area contributed by atoms with E-state index < -0.39 is 0 Å². The zero-order valence-electron chi connectivity index (χ0n) is 5.88. The van der Waals surface area contributed by atoms with Gasteiger partial charge in [-0.25, -0.2) is 0 Å². The molecule has 2 rings (SSSR count). The van der Waals surface area contributed by atoms with Crippen LogP contribution in [-0.2, 0) is 0 Å². The van der Waals surface area contributed by atoms with Crippen LogP contribution in [0.4, 0.5) is 0 Å². The zero-order chi connectivity index (χ0) is 6.43. The van der Waals surface area contributed by atoms with Gasteiger partial charge in [-0.05, 0) is 18.4 Å². The Balaban J connectivity index is 1.89. The Labute approximate surface area is 56.0 Å². The highest BCUT2D eigenvalue weighted by Gasteiger charge is 2.52. The molecule has 3 atom stereocenters. The summed E-state index contributed by atoms with van der Waals surface area (Å²) in [5, 5.41) is 0. The van der Waals surface area contributed by atoms with Crippen molar-refractivity contribution in [3.63, 3.8) is 0 Å². The van der Waals surface area contributed by atoms with Crippen molar-refractivity contribution in [1.29, 1.82) is 0 Å². The molecule has 2 nitrogen and oxygen atoms in total. The van der Waals surface area contributed by atoms with Crippen molar-refractivity contribution in [3.05, 3.63) is 0 Å². The smallest absolute Gasteiger partial charge is 0.0127 e. The largest absolute Gasteiger partial charge is 0.327 e. The third kappa shape index (κ3) is 0.700. The molecule has 1 aliphatic heterocycles. The summed E-state index contributed by atoms with van der Waals surface area (Å²) in [5.74, 6) is 1.73. The van der Waals surface area contributed by atoms with Gasteiger partial charge in [0.15, 0.2) is 0 Å². The monoisotopic (exact) mass is 126 g/mol. The van der Waals surface area contributed by atoms with Gasteiger partial charge in [0.25, 0.3) is 0 Å². The Kier molecular flexibility index (Phi) is 1.08. The first-order chi connectivity index (χ1) is 4.33. The molecule has 2 fully saturated rings. The van der Waals surface area contributed by atoms with E-state index in [1.165, 1.54) is 19.6 Å². The molecule has 0 amide bonds. The van der Waals surface area contributed by atoms with Crippen molar-refractivity contribution in [3.8, 4) is 0 Å². The topological polar surface area (TPSA) is 29.3 Å². The molecule has 1 saturated heterocycles. The molecule has 0 bridgehead atoms. The van der Waals surface area contributed by atoms with E-state index in [-0.39, 0.29) is 0 Å². The van der Waals surface area contributed by atoms with Gasteiger partial charge in [-0.2, -0.15) is 0 Å². The quantitative estimate of drug-likeness (QED) is 0.531. The third-order valence-corrected chi connectivity index (χ3v) is 2.78. The van der Waals surface area contributed by atoms with Crippen LogP contribution in [0.2, 0.25) is 0 Å². The Hall–Kier alpha value is -0.0800. The van der Waals surface area contributed by atoms with Gasteiger partial charge < -0.3 is 10.6 Å². The Morgan fingerprint density at radius 1 is 1.44 bits per heavy atom. The minimum Gasteiger partial charge on any atom is -0.327 e. The van der Waals surface area contributed by atoms with Crippen LogP contribution in [0.25, 0.3) is 0 Å². The van der Waals surface area contributed by atoms with Gasteiger partial charge in [0.2, 0.25) is 0 Å². The predicted octanol–water partition coefficient (Wildman–Crippen LogP) is -0.105. The summed E-state index contributed by atoms with van der Waals surface area (Å²) in [5.41, 5.74) is 5.76. The number of nitrogens with two attached hydrogens (primary N) is 1. The summed E-state index contributed by atoms with van der Waals surface area (Å²) in [7, 11) is 0. The van der Waals surface area contributed by atoms with Crippen LogP contribution in [0, 0.1) is 11.8 Å². The lowest BCUT2D eigenvalue weighted by Gasteiger charge is -2.14. The van der Waals surface area contributed by atoms with E-state index >= 15 is 0 Å². The van der Waals surface area contributed by atoms with Crippen LogP contribution in [0.3, 0.4) is 0 Å². The molecular formula is C7H14N2. The molecule has 0 unspecified atom stereocenters. The number of hydrogen-bond acceptors (Lipinski definition) is 2. The number of fused-ring (bicyclic) bond motifs is 1. The second-order valence-electron chi connectivity index (χ2n) is 3.26. The van der Waals surface area contributed by atoms with Crippen molar-refractivity contribution in [1.82, 2.24) is 4.90 Å². The fourth-order valence-corrected chi connectivity index (χ4v) is 1.92. The van der Waals surface area contributed by atoms with E-state index in [1.807, 2.05) is 0 Å². The van der Waals surface area contributed by atoms with Gasteiger partial charge in [-0.3, -0.25) is 0 Å². The van der Waals surface area contributed by atoms with Crippen molar-refractivity contribution >= 4 is 0 Å². The fourth-order valence-electron chi connectivity index (χ4n) is 1.92. The average Bonchev–Trinajstić information content (AvgIpc) is 2.32. The maximum absolute atomic E-state index is 5.76. The van der Waals surface area contributed by atoms with Crippen LogP contribution < -0.4 is 5.73 Å². The molecule has 0 aromatic heterocycles. The highest BCUT2D eigenvalue weighted by atomic mass is 15.2. The van der Waals surface area contributed by atoms with Gasteiger partial charge in [0, 0.05) is 19.1 Å². The van der Waals surface area contributed by atoms with Gasteiger partial charge in [-0.15, -0.1) is 0 Å². The van der Waals surface area contributed by atoms with Crippen molar-refractivity contribution in [2.45, 2.75) is 13.0 Å². The number of rotatable bonds is 1. The summed E-state index contributed by atoms with van der Waals surface area (Å²) >= 11 is 0. The van der Waals surface area contributed by atoms with Crippen LogP contribution in [0.5, 0.6) is 0 Å². The standard InChI is InChI=1S/C7H14N2/c1-2-9-3-5-6(4-9)7(5)8/h5-7H,2-4,8H2,1H3/t5-,6+,7+. The summed E-state index contributed by atoms with van der Waals surface area (Å²) in [4.78, 5) is 2.48. The molecule has 2 heteroatoms. The molecule has 0 aromatic rings. The molecule has 2 N–H and O–H groups in total. The molecule has 0 aromatic carbocycles. The first-order valence-corrected chi connectivity index (χ1v) is 3.81. The molecule has 52 valence electrons. The first-order valence-electron chi connectivity index (χ1n) is 3.81. The van der Waals surface area contributed by atoms with Crippen molar-refractivity contribution in [2.24, 2.45) is 17.6 Å². The highest BCUT2D eigenvalue weighted by Crippen LogP contribution is 2.43. The van der Waals surface area contributed by atoms with E-state index in [4.69, 9.17) is 5.73 Å². The third-order valence-electron chi connectivity index (χ3n) is 2.78. The SMILES string of the molecule is CCN1C[C@@H]2[C@@H](N)[C@@H]2C1. The molecule has 0 radical (unpaired) electrons. The second-order valence-corrected chi connectivity index (χ2v) is 3.26. The molecule has 1 saturated carbocycles. The summed E-state index contributed by atoms with van der Waals surface area (Å²) in [6.45, 7) is 5.96. The number of likely N-dealkylation sites (tertiary alicyclic amines) is 1. The number of hydrogen-bond donors (Lipinski definition) is 1. The lowest BCUT2D eigenvalue weighted by atomic mass is 10.4. The van der Waals surface area contributed by atoms with Crippen molar-refractivity contribution in [2.75, 3.05) is 19.6 Å². The molecule has 2 aliphatic rings. The number of piperidine rings is 1. The first kappa shape index (κ1) is 5.69. The Bertz CT molecular complexity index is 112. The van der Waals surface area contributed by atoms with Gasteiger partial charge in [0.05, 0.1) is 0 Å². The molecular weight excluding hydrogens is 112 g/mol. The van der Waals surface area contributed by atoms with E-state index in [1.54, 1.807) is 0 Å². The van der Waals surface area contributed by atoms with E-state index in [0.29, 0.717) is 6.04 Å². The van der Waals surface area contributed by atoms with Crippen LogP contribution in [0.1, 0.15) is 6.92 Å². The second kappa shape index (κ2) is 1.70. The van der Waals surface area contributed by atoms with Gasteiger partial charge in [-0.1, -0.05) is 6.92 Å². The molecule has 9 heavy (non-hydrogen) atoms. The lowest BCUT2D eigenvalue weighted by molar-refractivity contribution is 0.314. The average molecular weight is 126 g/mol. The predicted molar refractivity (Wildman–Crippen MR) is 37.1 cm³/mol. The van der Waals surface area contributed by atoms with Crippen LogP contribution in [0.15, 0.2) is 0 Å². The fraction of sp³-hybridized carbons (Fsp3) is 1.00. The maximum atomic E-state index is 5.76. The van der Waals surface area contributed by atoms with E-state index in [9.17, 15) is 0 Å². The molecule has 1 heterocycles. The Morgan fingerprint density at radius 3 is 2.44 bits per heavy atom. The minimum absolute atomic E-state index is 0.563. The van der Waals surface area contributed by atoms with Crippen LogP contribution in [-0.4, -0.2) is 30.6 Å². The summed E-state index contributed by atoms with van der Waals surface area (Å²) in [6, 6.07) is 0.563. The normalized spacial score (nSPS) is 49.3. The number of nitrogens with zero attached hydrogens (tertiary/aromatic N) is 1.